The molecule has 102 valence electrons. The highest BCUT2D eigenvalue weighted by Gasteiger charge is 2.18. The lowest BCUT2D eigenvalue weighted by atomic mass is 9.99. The second-order valence-electron chi connectivity index (χ2n) is 5.47. The van der Waals surface area contributed by atoms with Crippen molar-refractivity contribution in [1.29, 1.82) is 0 Å². The lowest BCUT2D eigenvalue weighted by molar-refractivity contribution is 0.0330. The molecule has 18 heavy (non-hydrogen) atoms. The molecule has 0 amide bonds. The first-order valence-corrected chi connectivity index (χ1v) is 7.56. The highest BCUT2D eigenvalue weighted by molar-refractivity contribution is 7.89. The Morgan fingerprint density at radius 3 is 2.44 bits per heavy atom. The Labute approximate surface area is 107 Å². The van der Waals surface area contributed by atoms with Crippen LogP contribution in [-0.4, -0.2) is 27.2 Å². The van der Waals surface area contributed by atoms with Crippen LogP contribution in [0.4, 0.5) is 0 Å². The van der Waals surface area contributed by atoms with Crippen LogP contribution in [0.1, 0.15) is 37.1 Å². The second-order valence-corrected chi connectivity index (χ2v) is 7.61. The van der Waals surface area contributed by atoms with Crippen molar-refractivity contribution in [3.8, 4) is 0 Å². The van der Waals surface area contributed by atoms with E-state index in [1.807, 2.05) is 20.8 Å². The normalized spacial score (nSPS) is 12.4. The van der Waals surface area contributed by atoms with Gasteiger partial charge in [-0.25, -0.2) is 13.2 Å². The van der Waals surface area contributed by atoms with Gasteiger partial charge in [-0.1, -0.05) is 20.8 Å². The highest BCUT2D eigenvalue weighted by Crippen LogP contribution is 2.16. The third kappa shape index (κ3) is 5.35. The van der Waals surface area contributed by atoms with E-state index < -0.39 is 15.8 Å². The quantitative estimate of drug-likeness (QED) is 0.785. The van der Waals surface area contributed by atoms with Crippen LogP contribution < -0.4 is 0 Å². The van der Waals surface area contributed by atoms with Crippen molar-refractivity contribution in [3.05, 3.63) is 23.7 Å². The Bertz CT molecular complexity index is 519. The van der Waals surface area contributed by atoms with Crippen LogP contribution in [0.15, 0.2) is 16.5 Å². The molecule has 1 aromatic heterocycles. The summed E-state index contributed by atoms with van der Waals surface area (Å²) in [5.74, 6) is -0.540. The molecule has 0 saturated heterocycles. The molecule has 0 N–H and O–H groups in total. The molecule has 1 aromatic rings. The van der Waals surface area contributed by atoms with Gasteiger partial charge in [0.2, 0.25) is 5.76 Å². The largest absolute Gasteiger partial charge is 0.459 e. The van der Waals surface area contributed by atoms with E-state index >= 15 is 0 Å². The van der Waals surface area contributed by atoms with Crippen molar-refractivity contribution in [2.75, 3.05) is 12.9 Å². The average molecular weight is 274 g/mol. The van der Waals surface area contributed by atoms with Crippen molar-refractivity contribution in [2.24, 2.45) is 5.41 Å². The van der Waals surface area contributed by atoms with Crippen molar-refractivity contribution in [2.45, 2.75) is 26.5 Å². The molecule has 0 saturated carbocycles. The van der Waals surface area contributed by atoms with Gasteiger partial charge in [0.15, 0.2) is 9.84 Å². The van der Waals surface area contributed by atoms with Crippen molar-refractivity contribution in [1.82, 2.24) is 0 Å². The van der Waals surface area contributed by atoms with Crippen molar-refractivity contribution < 1.29 is 22.4 Å². The number of rotatable bonds is 4. The maximum atomic E-state index is 11.6. The summed E-state index contributed by atoms with van der Waals surface area (Å²) >= 11 is 0. The molecule has 0 aliphatic rings. The second kappa shape index (κ2) is 5.14. The third-order valence-corrected chi connectivity index (χ3v) is 2.71. The fourth-order valence-electron chi connectivity index (χ4n) is 1.18. The minimum atomic E-state index is -3.17. The Hall–Kier alpha value is -1.30. The Morgan fingerprint density at radius 1 is 1.33 bits per heavy atom. The zero-order valence-electron chi connectivity index (χ0n) is 11.0. The average Bonchev–Trinajstić information content (AvgIpc) is 2.58. The monoisotopic (exact) mass is 274 g/mol. The summed E-state index contributed by atoms with van der Waals surface area (Å²) in [5, 5.41) is 0. The van der Waals surface area contributed by atoms with Gasteiger partial charge < -0.3 is 9.15 Å². The molecule has 6 heteroatoms. The SMILES string of the molecule is CC(C)(C)COC(=O)c1ccc(CS(C)(=O)=O)o1. The van der Waals surface area contributed by atoms with Crippen molar-refractivity contribution >= 4 is 15.8 Å². The summed E-state index contributed by atoms with van der Waals surface area (Å²) in [6, 6.07) is 2.89. The number of furan rings is 1. The molecule has 1 heterocycles. The molecule has 0 unspecified atom stereocenters. The van der Waals surface area contributed by atoms with Crippen molar-refractivity contribution in [3.63, 3.8) is 0 Å². The number of hydrogen-bond acceptors (Lipinski definition) is 5. The molecule has 1 rings (SSSR count). The summed E-state index contributed by atoms with van der Waals surface area (Å²) < 4.78 is 32.3. The van der Waals surface area contributed by atoms with E-state index in [1.54, 1.807) is 0 Å². The zero-order chi connectivity index (χ0) is 14.0. The molecule has 0 radical (unpaired) electrons. The van der Waals surface area contributed by atoms with Crippen LogP contribution in [-0.2, 0) is 20.3 Å². The fraction of sp³-hybridized carbons (Fsp3) is 0.583. The van der Waals surface area contributed by atoms with E-state index in [2.05, 4.69) is 0 Å². The molecular formula is C12H18O5S. The van der Waals surface area contributed by atoms with E-state index in [4.69, 9.17) is 9.15 Å². The van der Waals surface area contributed by atoms with Gasteiger partial charge in [-0.2, -0.15) is 0 Å². The Morgan fingerprint density at radius 2 is 1.94 bits per heavy atom. The van der Waals surface area contributed by atoms with Gasteiger partial charge in [-0.05, 0) is 17.5 Å². The third-order valence-electron chi connectivity index (χ3n) is 1.90. The van der Waals surface area contributed by atoms with Gasteiger partial charge in [0.1, 0.15) is 11.5 Å². The summed E-state index contributed by atoms with van der Waals surface area (Å²) in [7, 11) is -3.17. The fourth-order valence-corrected chi connectivity index (χ4v) is 1.85. The Kier molecular flexibility index (Phi) is 4.21. The summed E-state index contributed by atoms with van der Waals surface area (Å²) in [6.07, 6.45) is 1.10. The summed E-state index contributed by atoms with van der Waals surface area (Å²) in [4.78, 5) is 11.6. The Balaban J connectivity index is 2.66. The maximum Gasteiger partial charge on any atom is 0.374 e. The predicted octanol–water partition coefficient (Wildman–Crippen LogP) is 2.03. The lowest BCUT2D eigenvalue weighted by Gasteiger charge is -2.17. The number of hydrogen-bond donors (Lipinski definition) is 0. The minimum Gasteiger partial charge on any atom is -0.459 e. The van der Waals surface area contributed by atoms with E-state index in [-0.39, 0.29) is 29.3 Å². The molecule has 0 atom stereocenters. The molecule has 0 spiro atoms. The lowest BCUT2D eigenvalue weighted by Crippen LogP contribution is -2.18. The van der Waals surface area contributed by atoms with Gasteiger partial charge in [-0.15, -0.1) is 0 Å². The van der Waals surface area contributed by atoms with E-state index in [9.17, 15) is 13.2 Å². The van der Waals surface area contributed by atoms with Crippen LogP contribution in [0.25, 0.3) is 0 Å². The topological polar surface area (TPSA) is 73.6 Å². The van der Waals surface area contributed by atoms with Crippen LogP contribution in [0, 0.1) is 5.41 Å². The van der Waals surface area contributed by atoms with Crippen LogP contribution in [0.3, 0.4) is 0 Å². The van der Waals surface area contributed by atoms with Crippen LogP contribution in [0.2, 0.25) is 0 Å². The molecule has 0 aliphatic heterocycles. The molecule has 5 nitrogen and oxygen atoms in total. The molecule has 0 aromatic carbocycles. The van der Waals surface area contributed by atoms with Gasteiger partial charge in [0.05, 0.1) is 6.61 Å². The minimum absolute atomic E-state index is 0.0258. The number of esters is 1. The smallest absolute Gasteiger partial charge is 0.374 e. The van der Waals surface area contributed by atoms with E-state index in [0.717, 1.165) is 6.26 Å². The van der Waals surface area contributed by atoms with Crippen LogP contribution >= 0.6 is 0 Å². The van der Waals surface area contributed by atoms with Gasteiger partial charge in [0, 0.05) is 6.26 Å². The first kappa shape index (κ1) is 14.8. The number of carbonyl (C=O) groups excluding carboxylic acids is 1. The number of carbonyl (C=O) groups is 1. The number of sulfone groups is 1. The van der Waals surface area contributed by atoms with Gasteiger partial charge in [-0.3, -0.25) is 0 Å². The van der Waals surface area contributed by atoms with Gasteiger partial charge >= 0.3 is 5.97 Å². The summed E-state index contributed by atoms with van der Waals surface area (Å²) in [5.41, 5.74) is -0.127. The van der Waals surface area contributed by atoms with E-state index in [1.165, 1.54) is 12.1 Å². The molecule has 0 bridgehead atoms. The first-order valence-electron chi connectivity index (χ1n) is 5.50. The highest BCUT2D eigenvalue weighted by atomic mass is 32.2. The molecular weight excluding hydrogens is 256 g/mol. The van der Waals surface area contributed by atoms with Gasteiger partial charge in [0.25, 0.3) is 0 Å². The molecule has 0 aliphatic carbocycles. The number of ether oxygens (including phenoxy) is 1. The standard InChI is InChI=1S/C12H18O5S/c1-12(2,3)8-16-11(13)10-6-5-9(17-10)7-18(4,14)15/h5-6H,7-8H2,1-4H3. The maximum absolute atomic E-state index is 11.6. The predicted molar refractivity (Wildman–Crippen MR) is 67.0 cm³/mol. The van der Waals surface area contributed by atoms with Crippen LogP contribution in [0.5, 0.6) is 0 Å². The first-order chi connectivity index (χ1) is 8.07. The van der Waals surface area contributed by atoms with E-state index in [0.29, 0.717) is 0 Å². The molecule has 0 fully saturated rings. The zero-order valence-corrected chi connectivity index (χ0v) is 11.8. The summed E-state index contributed by atoms with van der Waals surface area (Å²) in [6.45, 7) is 6.10.